The maximum absolute atomic E-state index is 12.7. The van der Waals surface area contributed by atoms with Crippen LogP contribution < -0.4 is 10.2 Å². The summed E-state index contributed by atoms with van der Waals surface area (Å²) in [4.78, 5) is 33.5. The van der Waals surface area contributed by atoms with Crippen LogP contribution in [0, 0.1) is 18.3 Å². The van der Waals surface area contributed by atoms with Gasteiger partial charge >= 0.3 is 0 Å². The van der Waals surface area contributed by atoms with Gasteiger partial charge in [0, 0.05) is 37.3 Å². The van der Waals surface area contributed by atoms with E-state index in [0.29, 0.717) is 48.6 Å². The molecule has 1 N–H and O–H groups in total. The van der Waals surface area contributed by atoms with Crippen LogP contribution in [0.1, 0.15) is 31.8 Å². The highest BCUT2D eigenvalue weighted by atomic mass is 16.2. The Labute approximate surface area is 186 Å². The van der Waals surface area contributed by atoms with Crippen LogP contribution >= 0.6 is 0 Å². The molecule has 0 unspecified atom stereocenters. The average Bonchev–Trinajstić information content (AvgIpc) is 2.84. The molecule has 160 valence electrons. The summed E-state index contributed by atoms with van der Waals surface area (Å²) < 4.78 is 0. The fraction of sp³-hybridized carbons (Fsp3) is 0.200. The third-order valence-electron chi connectivity index (χ3n) is 5.45. The van der Waals surface area contributed by atoms with Gasteiger partial charge in [0.25, 0.3) is 11.8 Å². The molecule has 1 aromatic heterocycles. The molecule has 32 heavy (non-hydrogen) atoms. The zero-order chi connectivity index (χ0) is 22.5. The Morgan fingerprint density at radius 2 is 1.72 bits per heavy atom. The lowest BCUT2D eigenvalue weighted by molar-refractivity contribution is 0.0746. The molecule has 1 fully saturated rings. The van der Waals surface area contributed by atoms with E-state index < -0.39 is 0 Å². The molecule has 7 nitrogen and oxygen atoms in total. The maximum atomic E-state index is 12.7. The van der Waals surface area contributed by atoms with Crippen molar-refractivity contribution in [3.8, 4) is 6.07 Å². The number of hydrogen-bond donors (Lipinski definition) is 1. The smallest absolute Gasteiger partial charge is 0.255 e. The summed E-state index contributed by atoms with van der Waals surface area (Å²) in [5.74, 6) is 0.563. The average molecular weight is 425 g/mol. The lowest BCUT2D eigenvalue weighted by atomic mass is 10.1. The number of pyridine rings is 1. The maximum Gasteiger partial charge on any atom is 0.255 e. The number of anilines is 2. The number of benzene rings is 2. The first kappa shape index (κ1) is 21.1. The van der Waals surface area contributed by atoms with E-state index in [0.717, 1.165) is 11.4 Å². The summed E-state index contributed by atoms with van der Waals surface area (Å²) in [5.41, 5.74) is 3.34. The van der Waals surface area contributed by atoms with Gasteiger partial charge in [-0.05, 0) is 49.4 Å². The normalized spacial score (nSPS) is 13.4. The van der Waals surface area contributed by atoms with E-state index >= 15 is 0 Å². The molecule has 3 aromatic rings. The van der Waals surface area contributed by atoms with Crippen molar-refractivity contribution >= 4 is 23.3 Å². The fourth-order valence-corrected chi connectivity index (χ4v) is 3.60. The van der Waals surface area contributed by atoms with Crippen molar-refractivity contribution in [2.45, 2.75) is 6.92 Å². The largest absolute Gasteiger partial charge is 0.353 e. The Bertz CT molecular complexity index is 1160. The standard InChI is InChI=1S/C25H23N5O2/c1-18-5-7-20(8-6-18)24(31)28-22-9-10-23(27-17-22)29-11-13-30(14-12-29)25(32)21-4-2-3-19(15-21)16-26/h2-10,15,17H,11-14H2,1H3,(H,28,31). The van der Waals surface area contributed by atoms with Gasteiger partial charge in [0.15, 0.2) is 0 Å². The van der Waals surface area contributed by atoms with Crippen LogP contribution in [0.2, 0.25) is 0 Å². The minimum Gasteiger partial charge on any atom is -0.353 e. The number of aromatic nitrogens is 1. The van der Waals surface area contributed by atoms with Crippen LogP contribution in [-0.4, -0.2) is 47.9 Å². The van der Waals surface area contributed by atoms with Crippen molar-refractivity contribution in [1.29, 1.82) is 5.26 Å². The molecule has 1 aliphatic heterocycles. The van der Waals surface area contributed by atoms with E-state index in [1.54, 1.807) is 47.5 Å². The predicted octanol–water partition coefficient (Wildman–Crippen LogP) is 3.48. The summed E-state index contributed by atoms with van der Waals surface area (Å²) in [6.07, 6.45) is 1.65. The van der Waals surface area contributed by atoms with Gasteiger partial charge in [-0.1, -0.05) is 23.8 Å². The lowest BCUT2D eigenvalue weighted by Crippen LogP contribution is -2.49. The molecule has 0 aliphatic carbocycles. The second-order valence-electron chi connectivity index (χ2n) is 7.70. The quantitative estimate of drug-likeness (QED) is 0.691. The van der Waals surface area contributed by atoms with Gasteiger partial charge in [0.1, 0.15) is 5.82 Å². The molecule has 2 heterocycles. The highest BCUT2D eigenvalue weighted by Crippen LogP contribution is 2.18. The van der Waals surface area contributed by atoms with Crippen molar-refractivity contribution in [3.05, 3.63) is 89.1 Å². The first-order valence-corrected chi connectivity index (χ1v) is 10.4. The van der Waals surface area contributed by atoms with E-state index in [9.17, 15) is 9.59 Å². The third kappa shape index (κ3) is 4.76. The highest BCUT2D eigenvalue weighted by Gasteiger charge is 2.23. The SMILES string of the molecule is Cc1ccc(C(=O)Nc2ccc(N3CCN(C(=O)c4cccc(C#N)c4)CC3)nc2)cc1. The van der Waals surface area contributed by atoms with Crippen molar-refractivity contribution in [2.75, 3.05) is 36.4 Å². The van der Waals surface area contributed by atoms with E-state index in [-0.39, 0.29) is 11.8 Å². The second kappa shape index (κ2) is 9.31. The topological polar surface area (TPSA) is 89.3 Å². The number of aryl methyl sites for hydroxylation is 1. The summed E-state index contributed by atoms with van der Waals surface area (Å²) >= 11 is 0. The second-order valence-corrected chi connectivity index (χ2v) is 7.70. The van der Waals surface area contributed by atoms with Gasteiger partial charge in [0.05, 0.1) is 23.5 Å². The van der Waals surface area contributed by atoms with E-state index in [1.807, 2.05) is 31.2 Å². The third-order valence-corrected chi connectivity index (χ3v) is 5.45. The van der Waals surface area contributed by atoms with Crippen LogP contribution in [0.5, 0.6) is 0 Å². The predicted molar refractivity (Wildman–Crippen MR) is 123 cm³/mol. The number of amides is 2. The van der Waals surface area contributed by atoms with Crippen LogP contribution in [0.15, 0.2) is 66.9 Å². The summed E-state index contributed by atoms with van der Waals surface area (Å²) in [6, 6.07) is 19.9. The highest BCUT2D eigenvalue weighted by molar-refractivity contribution is 6.04. The minimum atomic E-state index is -0.174. The Balaban J connectivity index is 1.33. The Hall–Kier alpha value is -4.18. The van der Waals surface area contributed by atoms with Gasteiger partial charge in [0.2, 0.25) is 0 Å². The van der Waals surface area contributed by atoms with E-state index in [4.69, 9.17) is 5.26 Å². The van der Waals surface area contributed by atoms with Crippen molar-refractivity contribution in [3.63, 3.8) is 0 Å². The molecular weight excluding hydrogens is 402 g/mol. The molecule has 4 rings (SSSR count). The van der Waals surface area contributed by atoms with Gasteiger partial charge < -0.3 is 15.1 Å². The van der Waals surface area contributed by atoms with Crippen molar-refractivity contribution in [2.24, 2.45) is 0 Å². The monoisotopic (exact) mass is 425 g/mol. The zero-order valence-electron chi connectivity index (χ0n) is 17.8. The van der Waals surface area contributed by atoms with Crippen LogP contribution in [0.3, 0.4) is 0 Å². The van der Waals surface area contributed by atoms with Crippen LogP contribution in [0.25, 0.3) is 0 Å². The number of hydrogen-bond acceptors (Lipinski definition) is 5. The Morgan fingerprint density at radius 1 is 0.969 bits per heavy atom. The van der Waals surface area contributed by atoms with Gasteiger partial charge in [-0.3, -0.25) is 9.59 Å². The van der Waals surface area contributed by atoms with Crippen molar-refractivity contribution < 1.29 is 9.59 Å². The van der Waals surface area contributed by atoms with Crippen LogP contribution in [-0.2, 0) is 0 Å². The summed E-state index contributed by atoms with van der Waals surface area (Å²) in [6.45, 7) is 4.44. The van der Waals surface area contributed by atoms with Gasteiger partial charge in [-0.2, -0.15) is 5.26 Å². The Morgan fingerprint density at radius 3 is 2.38 bits per heavy atom. The van der Waals surface area contributed by atoms with E-state index in [2.05, 4.69) is 21.3 Å². The number of piperazine rings is 1. The lowest BCUT2D eigenvalue weighted by Gasteiger charge is -2.35. The molecule has 0 atom stereocenters. The number of nitrogens with one attached hydrogen (secondary N) is 1. The van der Waals surface area contributed by atoms with Crippen molar-refractivity contribution in [1.82, 2.24) is 9.88 Å². The number of carbonyl (C=O) groups is 2. The van der Waals surface area contributed by atoms with Crippen LogP contribution in [0.4, 0.5) is 11.5 Å². The first-order valence-electron chi connectivity index (χ1n) is 10.4. The number of carbonyl (C=O) groups excluding carboxylic acids is 2. The number of nitriles is 1. The molecule has 0 spiro atoms. The van der Waals surface area contributed by atoms with Gasteiger partial charge in [-0.15, -0.1) is 0 Å². The van der Waals surface area contributed by atoms with Gasteiger partial charge in [-0.25, -0.2) is 4.98 Å². The number of rotatable bonds is 4. The molecule has 7 heteroatoms. The summed E-state index contributed by atoms with van der Waals surface area (Å²) in [5, 5.41) is 11.9. The van der Waals surface area contributed by atoms with E-state index in [1.165, 1.54) is 0 Å². The first-order chi connectivity index (χ1) is 15.5. The summed E-state index contributed by atoms with van der Waals surface area (Å²) in [7, 11) is 0. The molecule has 0 saturated carbocycles. The minimum absolute atomic E-state index is 0.0659. The fourth-order valence-electron chi connectivity index (χ4n) is 3.60. The molecular formula is C25H23N5O2. The molecule has 2 aromatic carbocycles. The molecule has 1 aliphatic rings. The number of nitrogens with zero attached hydrogens (tertiary/aromatic N) is 4. The Kier molecular flexibility index (Phi) is 6.13. The molecule has 1 saturated heterocycles. The zero-order valence-corrected chi connectivity index (χ0v) is 17.8. The molecule has 0 bridgehead atoms. The molecule has 2 amide bonds. The molecule has 0 radical (unpaired) electrons.